The lowest BCUT2D eigenvalue weighted by atomic mass is 9.84. The number of rotatable bonds is 9. The molecule has 0 spiro atoms. The van der Waals surface area contributed by atoms with E-state index in [0.717, 1.165) is 13.1 Å². The second-order valence-electron chi connectivity index (χ2n) is 5.51. The summed E-state index contributed by atoms with van der Waals surface area (Å²) in [5, 5.41) is 3.51. The summed E-state index contributed by atoms with van der Waals surface area (Å²) < 4.78 is 0. The van der Waals surface area contributed by atoms with Gasteiger partial charge in [-0.25, -0.2) is 0 Å². The van der Waals surface area contributed by atoms with E-state index in [-0.39, 0.29) is 0 Å². The van der Waals surface area contributed by atoms with Gasteiger partial charge in [0.15, 0.2) is 0 Å². The van der Waals surface area contributed by atoms with E-state index in [9.17, 15) is 0 Å². The van der Waals surface area contributed by atoms with Crippen molar-refractivity contribution in [2.45, 2.75) is 59.9 Å². The number of nitrogens with one attached hydrogen (secondary N) is 1. The topological polar surface area (TPSA) is 15.3 Å². The molecule has 1 N–H and O–H groups in total. The Balaban J connectivity index is 4.29. The summed E-state index contributed by atoms with van der Waals surface area (Å²) in [4.78, 5) is 2.51. The maximum atomic E-state index is 3.51. The minimum absolute atomic E-state index is 0.420. The van der Waals surface area contributed by atoms with Crippen molar-refractivity contribution in [3.05, 3.63) is 0 Å². The Morgan fingerprint density at radius 1 is 1.25 bits per heavy atom. The molecule has 0 aromatic heterocycles. The lowest BCUT2D eigenvalue weighted by Crippen LogP contribution is -2.43. The summed E-state index contributed by atoms with van der Waals surface area (Å²) in [6.45, 7) is 14.9. The third-order valence-corrected chi connectivity index (χ3v) is 3.63. The zero-order chi connectivity index (χ0) is 12.6. The summed E-state index contributed by atoms with van der Waals surface area (Å²) in [7, 11) is 2.26. The van der Waals surface area contributed by atoms with Gasteiger partial charge in [0.2, 0.25) is 0 Å². The van der Waals surface area contributed by atoms with E-state index < -0.39 is 0 Å². The van der Waals surface area contributed by atoms with Crippen molar-refractivity contribution in [1.82, 2.24) is 10.2 Å². The molecular formula is C14H32N2. The molecule has 0 aliphatic carbocycles. The molecule has 0 amide bonds. The van der Waals surface area contributed by atoms with E-state index in [1.54, 1.807) is 0 Å². The summed E-state index contributed by atoms with van der Waals surface area (Å²) in [5.41, 5.74) is 0.420. The second kappa shape index (κ2) is 8.08. The van der Waals surface area contributed by atoms with Crippen LogP contribution in [0.3, 0.4) is 0 Å². The lowest BCUT2D eigenvalue weighted by Gasteiger charge is -2.36. The van der Waals surface area contributed by atoms with E-state index in [2.05, 4.69) is 51.9 Å². The van der Waals surface area contributed by atoms with Gasteiger partial charge in [-0.05, 0) is 38.8 Å². The molecule has 2 atom stereocenters. The lowest BCUT2D eigenvalue weighted by molar-refractivity contribution is 0.140. The van der Waals surface area contributed by atoms with Crippen molar-refractivity contribution >= 4 is 0 Å². The van der Waals surface area contributed by atoms with E-state index in [1.807, 2.05) is 0 Å². The molecule has 0 saturated carbocycles. The highest BCUT2D eigenvalue weighted by Crippen LogP contribution is 2.24. The fourth-order valence-electron chi connectivity index (χ4n) is 2.32. The van der Waals surface area contributed by atoms with Gasteiger partial charge in [-0.2, -0.15) is 0 Å². The summed E-state index contributed by atoms with van der Waals surface area (Å²) in [5.74, 6) is 0. The predicted molar refractivity (Wildman–Crippen MR) is 73.9 cm³/mol. The van der Waals surface area contributed by atoms with Gasteiger partial charge in [-0.3, -0.25) is 0 Å². The van der Waals surface area contributed by atoms with Gasteiger partial charge in [-0.1, -0.05) is 34.1 Å². The third kappa shape index (κ3) is 5.86. The summed E-state index contributed by atoms with van der Waals surface area (Å²) in [6.07, 6.45) is 3.82. The minimum atomic E-state index is 0.420. The molecule has 0 bridgehead atoms. The van der Waals surface area contributed by atoms with Crippen LogP contribution in [0, 0.1) is 5.41 Å². The largest absolute Gasteiger partial charge is 0.316 e. The Morgan fingerprint density at radius 3 is 2.31 bits per heavy atom. The standard InChI is InChI=1S/C14H32N2/c1-7-10-14(5,11-15-9-3)12-16(6)13(4)8-2/h13,15H,7-12H2,1-6H3. The van der Waals surface area contributed by atoms with Crippen molar-refractivity contribution in [2.75, 3.05) is 26.7 Å². The zero-order valence-electron chi connectivity index (χ0n) is 12.3. The first-order valence-electron chi connectivity index (χ1n) is 6.90. The first-order valence-corrected chi connectivity index (χ1v) is 6.90. The monoisotopic (exact) mass is 228 g/mol. The van der Waals surface area contributed by atoms with E-state index in [0.29, 0.717) is 11.5 Å². The van der Waals surface area contributed by atoms with Gasteiger partial charge in [-0.15, -0.1) is 0 Å². The van der Waals surface area contributed by atoms with Crippen molar-refractivity contribution in [3.63, 3.8) is 0 Å². The fraction of sp³-hybridized carbons (Fsp3) is 1.00. The van der Waals surface area contributed by atoms with Gasteiger partial charge >= 0.3 is 0 Å². The van der Waals surface area contributed by atoms with Gasteiger partial charge in [0, 0.05) is 19.1 Å². The summed E-state index contributed by atoms with van der Waals surface area (Å²) in [6, 6.07) is 0.692. The zero-order valence-corrected chi connectivity index (χ0v) is 12.3. The van der Waals surface area contributed by atoms with Crippen LogP contribution in [0.2, 0.25) is 0 Å². The molecule has 0 radical (unpaired) electrons. The highest BCUT2D eigenvalue weighted by molar-refractivity contribution is 4.81. The molecule has 0 aliphatic heterocycles. The Bertz CT molecular complexity index is 170. The molecule has 0 aromatic rings. The molecule has 0 saturated heterocycles. The average molecular weight is 228 g/mol. The van der Waals surface area contributed by atoms with Crippen molar-refractivity contribution in [2.24, 2.45) is 5.41 Å². The molecule has 2 nitrogen and oxygen atoms in total. The molecule has 0 aromatic carbocycles. The first kappa shape index (κ1) is 15.9. The molecular weight excluding hydrogens is 196 g/mol. The van der Waals surface area contributed by atoms with E-state index in [4.69, 9.17) is 0 Å². The van der Waals surface area contributed by atoms with Crippen LogP contribution in [-0.4, -0.2) is 37.6 Å². The molecule has 16 heavy (non-hydrogen) atoms. The first-order chi connectivity index (χ1) is 7.49. The maximum absolute atomic E-state index is 3.51. The number of hydrogen-bond acceptors (Lipinski definition) is 2. The maximum Gasteiger partial charge on any atom is 0.00614 e. The van der Waals surface area contributed by atoms with Crippen LogP contribution in [0.5, 0.6) is 0 Å². The van der Waals surface area contributed by atoms with Crippen LogP contribution >= 0.6 is 0 Å². The van der Waals surface area contributed by atoms with Crippen LogP contribution in [0.1, 0.15) is 53.9 Å². The summed E-state index contributed by atoms with van der Waals surface area (Å²) >= 11 is 0. The SMILES string of the molecule is CCCC(C)(CNCC)CN(C)C(C)CC. The van der Waals surface area contributed by atoms with Crippen molar-refractivity contribution in [1.29, 1.82) is 0 Å². The van der Waals surface area contributed by atoms with Crippen LogP contribution in [0.25, 0.3) is 0 Å². The minimum Gasteiger partial charge on any atom is -0.316 e. The van der Waals surface area contributed by atoms with Gasteiger partial charge in [0.25, 0.3) is 0 Å². The highest BCUT2D eigenvalue weighted by Gasteiger charge is 2.25. The van der Waals surface area contributed by atoms with Crippen LogP contribution in [0.15, 0.2) is 0 Å². The smallest absolute Gasteiger partial charge is 0.00614 e. The fourth-order valence-corrected chi connectivity index (χ4v) is 2.32. The molecule has 0 heterocycles. The van der Waals surface area contributed by atoms with Gasteiger partial charge < -0.3 is 10.2 Å². The van der Waals surface area contributed by atoms with E-state index >= 15 is 0 Å². The Morgan fingerprint density at radius 2 is 1.88 bits per heavy atom. The van der Waals surface area contributed by atoms with Gasteiger partial charge in [0.1, 0.15) is 0 Å². The molecule has 0 fully saturated rings. The predicted octanol–water partition coefficient (Wildman–Crippen LogP) is 3.13. The molecule has 2 unspecified atom stereocenters. The average Bonchev–Trinajstić information content (AvgIpc) is 2.25. The van der Waals surface area contributed by atoms with Crippen LogP contribution in [-0.2, 0) is 0 Å². The number of nitrogens with zero attached hydrogens (tertiary/aromatic N) is 1. The Labute approximate surface area is 103 Å². The van der Waals surface area contributed by atoms with Crippen LogP contribution < -0.4 is 5.32 Å². The highest BCUT2D eigenvalue weighted by atomic mass is 15.1. The van der Waals surface area contributed by atoms with E-state index in [1.165, 1.54) is 25.8 Å². The van der Waals surface area contributed by atoms with Crippen LogP contribution in [0.4, 0.5) is 0 Å². The molecule has 0 rings (SSSR count). The van der Waals surface area contributed by atoms with Crippen molar-refractivity contribution < 1.29 is 0 Å². The van der Waals surface area contributed by atoms with Crippen molar-refractivity contribution in [3.8, 4) is 0 Å². The second-order valence-corrected chi connectivity index (χ2v) is 5.51. The molecule has 98 valence electrons. The normalized spacial score (nSPS) is 17.4. The Hall–Kier alpha value is -0.0800. The Kier molecular flexibility index (Phi) is 8.04. The molecule has 0 aliphatic rings. The quantitative estimate of drug-likeness (QED) is 0.652. The van der Waals surface area contributed by atoms with Gasteiger partial charge in [0.05, 0.1) is 0 Å². The molecule has 2 heteroatoms. The number of hydrogen-bond donors (Lipinski definition) is 1. The third-order valence-electron chi connectivity index (χ3n) is 3.63.